The Morgan fingerprint density at radius 2 is 2.36 bits per heavy atom. The molecule has 0 spiro atoms. The van der Waals surface area contributed by atoms with E-state index in [1.807, 2.05) is 0 Å². The third kappa shape index (κ3) is 3.23. The molecule has 1 saturated carbocycles. The van der Waals surface area contributed by atoms with Crippen LogP contribution in [0.1, 0.15) is 12.8 Å². The summed E-state index contributed by atoms with van der Waals surface area (Å²) in [6, 6.07) is 0.664. The predicted octanol–water partition coefficient (Wildman–Crippen LogP) is 0.348. The quantitative estimate of drug-likeness (QED) is 0.620. The molecule has 0 atom stereocenters. The van der Waals surface area contributed by atoms with Crippen molar-refractivity contribution in [3.63, 3.8) is 0 Å². The molecule has 2 N–H and O–H groups in total. The number of amides is 1. The number of carbonyl (C=O) groups is 1. The van der Waals surface area contributed by atoms with E-state index in [-0.39, 0.29) is 0 Å². The van der Waals surface area contributed by atoms with Crippen molar-refractivity contribution in [2.75, 3.05) is 20.1 Å². The molecule has 0 saturated heterocycles. The van der Waals surface area contributed by atoms with Crippen molar-refractivity contribution in [2.45, 2.75) is 18.9 Å². The van der Waals surface area contributed by atoms with Crippen LogP contribution in [0.2, 0.25) is 0 Å². The lowest BCUT2D eigenvalue weighted by Gasteiger charge is -2.12. The fraction of sp³-hybridized carbons (Fsp3) is 0.857. The van der Waals surface area contributed by atoms with Crippen LogP contribution >= 0.6 is 0 Å². The highest BCUT2D eigenvalue weighted by molar-refractivity contribution is 5.64. The minimum atomic E-state index is -0.859. The second-order valence-corrected chi connectivity index (χ2v) is 2.93. The molecule has 1 aliphatic carbocycles. The summed E-state index contributed by atoms with van der Waals surface area (Å²) in [6.07, 6.45) is 1.63. The number of rotatable bonds is 4. The normalized spacial score (nSPS) is 16.5. The van der Waals surface area contributed by atoms with Gasteiger partial charge < -0.3 is 15.3 Å². The highest BCUT2D eigenvalue weighted by Gasteiger charge is 2.20. The maximum absolute atomic E-state index is 10.3. The van der Waals surface area contributed by atoms with E-state index in [2.05, 4.69) is 5.32 Å². The van der Waals surface area contributed by atoms with Crippen LogP contribution in [0.15, 0.2) is 0 Å². The van der Waals surface area contributed by atoms with Gasteiger partial charge in [-0.25, -0.2) is 4.79 Å². The molecule has 1 aliphatic rings. The SMILES string of the molecule is CN(CCNC1CC1)C(=O)O. The van der Waals surface area contributed by atoms with Crippen molar-refractivity contribution in [2.24, 2.45) is 0 Å². The van der Waals surface area contributed by atoms with Crippen molar-refractivity contribution in [1.82, 2.24) is 10.2 Å². The molecule has 1 rings (SSSR count). The second-order valence-electron chi connectivity index (χ2n) is 2.93. The highest BCUT2D eigenvalue weighted by Crippen LogP contribution is 2.17. The first-order valence-corrected chi connectivity index (χ1v) is 3.87. The van der Waals surface area contributed by atoms with Gasteiger partial charge in [-0.2, -0.15) is 0 Å². The van der Waals surface area contributed by atoms with Crippen LogP contribution in [-0.4, -0.2) is 42.3 Å². The van der Waals surface area contributed by atoms with E-state index < -0.39 is 6.09 Å². The second kappa shape index (κ2) is 3.57. The first-order chi connectivity index (χ1) is 5.20. The lowest BCUT2D eigenvalue weighted by atomic mass is 10.5. The minimum Gasteiger partial charge on any atom is -0.465 e. The van der Waals surface area contributed by atoms with Gasteiger partial charge in [0.05, 0.1) is 0 Å². The van der Waals surface area contributed by atoms with E-state index in [9.17, 15) is 4.79 Å². The number of likely N-dealkylation sites (N-methyl/N-ethyl adjacent to an activating group) is 1. The molecule has 1 fully saturated rings. The van der Waals surface area contributed by atoms with Gasteiger partial charge in [-0.1, -0.05) is 0 Å². The zero-order chi connectivity index (χ0) is 8.27. The Bertz CT molecular complexity index is 145. The van der Waals surface area contributed by atoms with Gasteiger partial charge in [-0.3, -0.25) is 0 Å². The summed E-state index contributed by atoms with van der Waals surface area (Å²) in [4.78, 5) is 11.6. The van der Waals surface area contributed by atoms with E-state index in [4.69, 9.17) is 5.11 Å². The molecule has 0 aliphatic heterocycles. The summed E-state index contributed by atoms with van der Waals surface area (Å²) in [6.45, 7) is 1.35. The average Bonchev–Trinajstić information content (AvgIpc) is 2.71. The van der Waals surface area contributed by atoms with Crippen molar-refractivity contribution >= 4 is 6.09 Å². The maximum Gasteiger partial charge on any atom is 0.407 e. The topological polar surface area (TPSA) is 52.6 Å². The van der Waals surface area contributed by atoms with Crippen molar-refractivity contribution in [3.8, 4) is 0 Å². The Morgan fingerprint density at radius 3 is 2.82 bits per heavy atom. The van der Waals surface area contributed by atoms with Crippen LogP contribution in [0, 0.1) is 0 Å². The molecular formula is C7H14N2O2. The highest BCUT2D eigenvalue weighted by atomic mass is 16.4. The first-order valence-electron chi connectivity index (χ1n) is 3.87. The van der Waals surface area contributed by atoms with Crippen LogP contribution in [0.25, 0.3) is 0 Å². The molecular weight excluding hydrogens is 144 g/mol. The molecule has 4 nitrogen and oxygen atoms in total. The lowest BCUT2D eigenvalue weighted by Crippen LogP contribution is -2.33. The summed E-state index contributed by atoms with van der Waals surface area (Å²) < 4.78 is 0. The predicted molar refractivity (Wildman–Crippen MR) is 41.7 cm³/mol. The third-order valence-corrected chi connectivity index (χ3v) is 1.78. The molecule has 64 valence electrons. The van der Waals surface area contributed by atoms with Crippen LogP contribution in [-0.2, 0) is 0 Å². The third-order valence-electron chi connectivity index (χ3n) is 1.78. The monoisotopic (exact) mass is 158 g/mol. The molecule has 0 heterocycles. The van der Waals surface area contributed by atoms with Gasteiger partial charge in [-0.05, 0) is 12.8 Å². The number of hydrogen-bond donors (Lipinski definition) is 2. The molecule has 0 aromatic rings. The Hall–Kier alpha value is -0.770. The number of hydrogen-bond acceptors (Lipinski definition) is 2. The van der Waals surface area contributed by atoms with Crippen LogP contribution < -0.4 is 5.32 Å². The van der Waals surface area contributed by atoms with Gasteiger partial charge in [0.15, 0.2) is 0 Å². The molecule has 0 bridgehead atoms. The molecule has 0 aromatic carbocycles. The zero-order valence-corrected chi connectivity index (χ0v) is 6.71. The van der Waals surface area contributed by atoms with Gasteiger partial charge >= 0.3 is 6.09 Å². The van der Waals surface area contributed by atoms with Crippen molar-refractivity contribution in [3.05, 3.63) is 0 Å². The van der Waals surface area contributed by atoms with E-state index in [1.54, 1.807) is 7.05 Å². The van der Waals surface area contributed by atoms with Crippen LogP contribution in [0.3, 0.4) is 0 Å². The smallest absolute Gasteiger partial charge is 0.407 e. The Balaban J connectivity index is 1.96. The summed E-state index contributed by atoms with van der Waals surface area (Å²) in [7, 11) is 1.58. The number of nitrogens with zero attached hydrogens (tertiary/aromatic N) is 1. The fourth-order valence-electron chi connectivity index (χ4n) is 0.819. The molecule has 4 heteroatoms. The summed E-state index contributed by atoms with van der Waals surface area (Å²) in [5.41, 5.74) is 0. The lowest BCUT2D eigenvalue weighted by molar-refractivity contribution is 0.156. The summed E-state index contributed by atoms with van der Waals surface area (Å²) >= 11 is 0. The molecule has 11 heavy (non-hydrogen) atoms. The molecule has 0 unspecified atom stereocenters. The van der Waals surface area contributed by atoms with E-state index >= 15 is 0 Å². The summed E-state index contributed by atoms with van der Waals surface area (Å²) in [5, 5.41) is 11.7. The molecule has 0 aromatic heterocycles. The van der Waals surface area contributed by atoms with Crippen LogP contribution in [0.4, 0.5) is 4.79 Å². The Labute approximate surface area is 66.2 Å². The standard InChI is InChI=1S/C7H14N2O2/c1-9(7(10)11)5-4-8-6-2-3-6/h6,8H,2-5H2,1H3,(H,10,11). The minimum absolute atomic E-state index is 0.575. The summed E-state index contributed by atoms with van der Waals surface area (Å²) in [5.74, 6) is 0. The Kier molecular flexibility index (Phi) is 2.70. The van der Waals surface area contributed by atoms with Crippen molar-refractivity contribution < 1.29 is 9.90 Å². The zero-order valence-electron chi connectivity index (χ0n) is 6.71. The van der Waals surface area contributed by atoms with Crippen LogP contribution in [0.5, 0.6) is 0 Å². The maximum atomic E-state index is 10.3. The molecule has 0 radical (unpaired) electrons. The van der Waals surface area contributed by atoms with Gasteiger partial charge in [-0.15, -0.1) is 0 Å². The average molecular weight is 158 g/mol. The Morgan fingerprint density at radius 1 is 1.73 bits per heavy atom. The van der Waals surface area contributed by atoms with Gasteiger partial charge in [0.1, 0.15) is 0 Å². The number of carboxylic acid groups (broad SMARTS) is 1. The van der Waals surface area contributed by atoms with Gasteiger partial charge in [0.2, 0.25) is 0 Å². The van der Waals surface area contributed by atoms with Gasteiger partial charge in [0.25, 0.3) is 0 Å². The first kappa shape index (κ1) is 8.33. The largest absolute Gasteiger partial charge is 0.465 e. The van der Waals surface area contributed by atoms with E-state index in [0.717, 1.165) is 6.54 Å². The fourth-order valence-corrected chi connectivity index (χ4v) is 0.819. The van der Waals surface area contributed by atoms with E-state index in [1.165, 1.54) is 17.7 Å². The van der Waals surface area contributed by atoms with E-state index in [0.29, 0.717) is 12.6 Å². The van der Waals surface area contributed by atoms with Crippen molar-refractivity contribution in [1.29, 1.82) is 0 Å². The van der Waals surface area contributed by atoms with Gasteiger partial charge in [0, 0.05) is 26.2 Å². The molecule has 1 amide bonds. The number of nitrogens with one attached hydrogen (secondary N) is 1.